The largest absolute Gasteiger partial charge is 0.574 e. The molecule has 0 bridgehead atoms. The lowest BCUT2D eigenvalue weighted by atomic mass is 10.2. The van der Waals surface area contributed by atoms with E-state index in [1.807, 2.05) is 0 Å². The standard InChI is InChI=1S/C8H5F4NO3/c9-2-4-1-5(3-14)13-7(6(4)15)16-8(10,11)12/h1,3,15H,2H2. The first-order valence-corrected chi connectivity index (χ1v) is 3.87. The molecule has 0 aliphatic heterocycles. The molecule has 0 unspecified atom stereocenters. The van der Waals surface area contributed by atoms with Crippen LogP contribution in [-0.4, -0.2) is 22.7 Å². The van der Waals surface area contributed by atoms with Crippen molar-refractivity contribution in [3.8, 4) is 11.6 Å². The molecule has 0 saturated carbocycles. The van der Waals surface area contributed by atoms with Crippen molar-refractivity contribution in [1.29, 1.82) is 0 Å². The number of hydrogen-bond donors (Lipinski definition) is 1. The van der Waals surface area contributed by atoms with E-state index in [0.717, 1.165) is 6.07 Å². The first-order valence-electron chi connectivity index (χ1n) is 3.87. The van der Waals surface area contributed by atoms with E-state index in [1.54, 1.807) is 0 Å². The Morgan fingerprint density at radius 3 is 2.56 bits per heavy atom. The van der Waals surface area contributed by atoms with E-state index in [9.17, 15) is 22.4 Å². The van der Waals surface area contributed by atoms with Crippen molar-refractivity contribution >= 4 is 6.29 Å². The number of hydrogen-bond acceptors (Lipinski definition) is 4. The van der Waals surface area contributed by atoms with Crippen molar-refractivity contribution in [1.82, 2.24) is 4.98 Å². The van der Waals surface area contributed by atoms with Gasteiger partial charge in [-0.2, -0.15) is 0 Å². The third-order valence-electron chi connectivity index (χ3n) is 1.54. The summed E-state index contributed by atoms with van der Waals surface area (Å²) >= 11 is 0. The first-order chi connectivity index (χ1) is 7.37. The maximum Gasteiger partial charge on any atom is 0.574 e. The molecule has 0 aliphatic carbocycles. The highest BCUT2D eigenvalue weighted by Gasteiger charge is 2.33. The SMILES string of the molecule is O=Cc1cc(CF)c(O)c(OC(F)(F)F)n1. The van der Waals surface area contributed by atoms with Gasteiger partial charge in [-0.1, -0.05) is 0 Å². The van der Waals surface area contributed by atoms with Gasteiger partial charge in [-0.15, -0.1) is 13.2 Å². The van der Waals surface area contributed by atoms with E-state index < -0.39 is 35.9 Å². The van der Waals surface area contributed by atoms with E-state index in [1.165, 1.54) is 0 Å². The number of pyridine rings is 1. The molecule has 1 heterocycles. The van der Waals surface area contributed by atoms with Crippen LogP contribution in [0.25, 0.3) is 0 Å². The fourth-order valence-electron chi connectivity index (χ4n) is 0.930. The summed E-state index contributed by atoms with van der Waals surface area (Å²) in [7, 11) is 0. The quantitative estimate of drug-likeness (QED) is 0.647. The highest BCUT2D eigenvalue weighted by Crippen LogP contribution is 2.32. The number of aldehydes is 1. The van der Waals surface area contributed by atoms with Gasteiger partial charge in [0, 0.05) is 5.56 Å². The van der Waals surface area contributed by atoms with Gasteiger partial charge in [-0.3, -0.25) is 4.79 Å². The normalized spacial score (nSPS) is 11.2. The van der Waals surface area contributed by atoms with Gasteiger partial charge in [-0.05, 0) is 6.07 Å². The number of carbonyl (C=O) groups is 1. The molecular formula is C8H5F4NO3. The number of ether oxygens (including phenoxy) is 1. The third-order valence-corrected chi connectivity index (χ3v) is 1.54. The van der Waals surface area contributed by atoms with Crippen LogP contribution in [0.4, 0.5) is 17.6 Å². The summed E-state index contributed by atoms with van der Waals surface area (Å²) < 4.78 is 51.1. The van der Waals surface area contributed by atoms with Crippen molar-refractivity contribution < 1.29 is 32.2 Å². The highest BCUT2D eigenvalue weighted by molar-refractivity contribution is 5.73. The first kappa shape index (κ1) is 12.2. The van der Waals surface area contributed by atoms with E-state index in [2.05, 4.69) is 9.72 Å². The Morgan fingerprint density at radius 2 is 2.12 bits per heavy atom. The van der Waals surface area contributed by atoms with Crippen molar-refractivity contribution in [2.75, 3.05) is 0 Å². The zero-order valence-electron chi connectivity index (χ0n) is 7.58. The second kappa shape index (κ2) is 4.33. The predicted molar refractivity (Wildman–Crippen MR) is 42.8 cm³/mol. The molecular weight excluding hydrogens is 234 g/mol. The molecule has 1 aromatic rings. The zero-order valence-corrected chi connectivity index (χ0v) is 7.58. The van der Waals surface area contributed by atoms with Crippen molar-refractivity contribution in [2.45, 2.75) is 13.0 Å². The van der Waals surface area contributed by atoms with Gasteiger partial charge in [0.2, 0.25) is 0 Å². The fourth-order valence-corrected chi connectivity index (χ4v) is 0.930. The van der Waals surface area contributed by atoms with Crippen molar-refractivity contribution in [2.24, 2.45) is 0 Å². The number of alkyl halides is 4. The summed E-state index contributed by atoms with van der Waals surface area (Å²) in [6.45, 7) is -1.25. The van der Waals surface area contributed by atoms with Crippen LogP contribution >= 0.6 is 0 Å². The van der Waals surface area contributed by atoms with Crippen LogP contribution in [-0.2, 0) is 6.67 Å². The molecule has 0 aromatic carbocycles. The summed E-state index contributed by atoms with van der Waals surface area (Å²) in [6, 6.07) is 0.825. The third kappa shape index (κ3) is 2.81. The van der Waals surface area contributed by atoms with Crippen molar-refractivity contribution in [3.63, 3.8) is 0 Å². The Labute approximate surface area is 86.5 Å². The minimum atomic E-state index is -5.08. The molecule has 16 heavy (non-hydrogen) atoms. The van der Waals surface area contributed by atoms with Crippen LogP contribution in [0.3, 0.4) is 0 Å². The minimum absolute atomic E-state index is 0.113. The van der Waals surface area contributed by atoms with Gasteiger partial charge in [0.25, 0.3) is 5.88 Å². The number of carbonyl (C=O) groups excluding carboxylic acids is 1. The maximum atomic E-state index is 12.3. The maximum absolute atomic E-state index is 12.3. The highest BCUT2D eigenvalue weighted by atomic mass is 19.4. The lowest BCUT2D eigenvalue weighted by molar-refractivity contribution is -0.276. The summed E-state index contributed by atoms with van der Waals surface area (Å²) in [5.41, 5.74) is -0.971. The minimum Gasteiger partial charge on any atom is -0.503 e. The molecule has 8 heteroatoms. The van der Waals surface area contributed by atoms with Crippen LogP contribution in [0, 0.1) is 0 Å². The van der Waals surface area contributed by atoms with Gasteiger partial charge < -0.3 is 9.84 Å². The Kier molecular flexibility index (Phi) is 3.31. The van der Waals surface area contributed by atoms with E-state index in [4.69, 9.17) is 5.11 Å². The van der Waals surface area contributed by atoms with Gasteiger partial charge in [0.1, 0.15) is 12.4 Å². The van der Waals surface area contributed by atoms with Crippen molar-refractivity contribution in [3.05, 3.63) is 17.3 Å². The molecule has 0 radical (unpaired) electrons. The number of halogens is 4. The van der Waals surface area contributed by atoms with E-state index in [0.29, 0.717) is 0 Å². The number of rotatable bonds is 3. The van der Waals surface area contributed by atoms with Gasteiger partial charge >= 0.3 is 6.36 Å². The summed E-state index contributed by atoms with van der Waals surface area (Å²) in [5.74, 6) is -2.32. The molecule has 0 saturated heterocycles. The predicted octanol–water partition coefficient (Wildman–Crippen LogP) is 1.97. The lowest BCUT2D eigenvalue weighted by Crippen LogP contribution is -2.18. The monoisotopic (exact) mass is 239 g/mol. The smallest absolute Gasteiger partial charge is 0.503 e. The topological polar surface area (TPSA) is 59.4 Å². The molecule has 0 aliphatic rings. The van der Waals surface area contributed by atoms with E-state index >= 15 is 0 Å². The van der Waals surface area contributed by atoms with Crippen LogP contribution in [0.15, 0.2) is 6.07 Å². The van der Waals surface area contributed by atoms with Crippen LogP contribution in [0.5, 0.6) is 11.6 Å². The molecule has 0 spiro atoms. The Balaban J connectivity index is 3.21. The van der Waals surface area contributed by atoms with Crippen LogP contribution < -0.4 is 4.74 Å². The summed E-state index contributed by atoms with van der Waals surface area (Å²) in [4.78, 5) is 13.4. The molecule has 0 amide bonds. The molecule has 0 fully saturated rings. The van der Waals surface area contributed by atoms with Gasteiger partial charge in [-0.25, -0.2) is 9.37 Å². The van der Waals surface area contributed by atoms with Crippen LogP contribution in [0.2, 0.25) is 0 Å². The number of nitrogens with zero attached hydrogens (tertiary/aromatic N) is 1. The Morgan fingerprint density at radius 1 is 1.50 bits per heavy atom. The number of aromatic nitrogens is 1. The second-order valence-corrected chi connectivity index (χ2v) is 2.66. The molecule has 1 rings (SSSR count). The van der Waals surface area contributed by atoms with Gasteiger partial charge in [0.15, 0.2) is 12.0 Å². The molecule has 4 nitrogen and oxygen atoms in total. The molecule has 88 valence electrons. The molecule has 0 atom stereocenters. The Hall–Kier alpha value is -1.86. The second-order valence-electron chi connectivity index (χ2n) is 2.66. The van der Waals surface area contributed by atoms with Crippen LogP contribution in [0.1, 0.15) is 16.1 Å². The molecule has 1 aromatic heterocycles. The van der Waals surface area contributed by atoms with E-state index in [-0.39, 0.29) is 6.29 Å². The number of aromatic hydroxyl groups is 1. The zero-order chi connectivity index (χ0) is 12.3. The molecule has 1 N–H and O–H groups in total. The lowest BCUT2D eigenvalue weighted by Gasteiger charge is -2.11. The average Bonchev–Trinajstić information content (AvgIpc) is 2.19. The summed E-state index contributed by atoms with van der Waals surface area (Å²) in [5, 5.41) is 9.13. The fraction of sp³-hybridized carbons (Fsp3) is 0.250. The van der Waals surface area contributed by atoms with Gasteiger partial charge in [0.05, 0.1) is 0 Å². The Bertz CT molecular complexity index is 405. The average molecular weight is 239 g/mol. The summed E-state index contributed by atoms with van der Waals surface area (Å²) in [6.07, 6.45) is -4.97.